The lowest BCUT2D eigenvalue weighted by Gasteiger charge is -2.15. The van der Waals surface area contributed by atoms with Crippen molar-refractivity contribution in [2.24, 2.45) is 0 Å². The second kappa shape index (κ2) is 7.03. The number of para-hydroxylation sites is 2. The molecular formula is C26H15F3N2. The Bertz CT molecular complexity index is 1430. The topological polar surface area (TPSA) is 28.7 Å². The van der Waals surface area contributed by atoms with Crippen molar-refractivity contribution in [3.8, 4) is 22.9 Å². The van der Waals surface area contributed by atoms with Crippen molar-refractivity contribution >= 4 is 21.8 Å². The average molecular weight is 412 g/mol. The van der Waals surface area contributed by atoms with Crippen molar-refractivity contribution in [3.63, 3.8) is 0 Å². The van der Waals surface area contributed by atoms with Crippen LogP contribution in [0.5, 0.6) is 0 Å². The molecule has 1 heterocycles. The number of hydrogen-bond donors (Lipinski definition) is 0. The largest absolute Gasteiger partial charge is 0.417 e. The second-order valence-corrected chi connectivity index (χ2v) is 7.29. The van der Waals surface area contributed by atoms with E-state index in [2.05, 4.69) is 4.57 Å². The number of nitriles is 1. The summed E-state index contributed by atoms with van der Waals surface area (Å²) < 4.78 is 43.2. The first-order valence-corrected chi connectivity index (χ1v) is 9.68. The van der Waals surface area contributed by atoms with Crippen LogP contribution in [0.25, 0.3) is 38.6 Å². The zero-order chi connectivity index (χ0) is 21.6. The lowest BCUT2D eigenvalue weighted by molar-refractivity contribution is -0.137. The molecule has 0 aliphatic heterocycles. The molecule has 0 amide bonds. The molecule has 0 N–H and O–H groups in total. The van der Waals surface area contributed by atoms with Gasteiger partial charge in [-0.3, -0.25) is 0 Å². The van der Waals surface area contributed by atoms with Gasteiger partial charge in [0.05, 0.1) is 28.2 Å². The van der Waals surface area contributed by atoms with Gasteiger partial charge in [0, 0.05) is 16.5 Å². The minimum absolute atomic E-state index is 0.0189. The third kappa shape index (κ3) is 3.13. The van der Waals surface area contributed by atoms with E-state index < -0.39 is 11.7 Å². The molecule has 0 spiro atoms. The predicted molar refractivity (Wildman–Crippen MR) is 116 cm³/mol. The third-order valence-corrected chi connectivity index (χ3v) is 5.45. The standard InChI is InChI=1S/C26H15F3N2/c27-26(28,29)23-14-17(16-30)12-13-20(23)18-6-5-7-19(15-18)31-24-10-3-1-8-21(24)22-9-2-4-11-25(22)31/h1-15H. The van der Waals surface area contributed by atoms with Crippen molar-refractivity contribution in [1.82, 2.24) is 4.57 Å². The van der Waals surface area contributed by atoms with E-state index in [9.17, 15) is 13.2 Å². The summed E-state index contributed by atoms with van der Waals surface area (Å²) in [7, 11) is 0. The number of halogens is 3. The van der Waals surface area contributed by atoms with Crippen LogP contribution in [0.15, 0.2) is 91.0 Å². The number of alkyl halides is 3. The molecule has 5 rings (SSSR count). The highest BCUT2D eigenvalue weighted by Crippen LogP contribution is 2.39. The first-order valence-electron chi connectivity index (χ1n) is 9.68. The van der Waals surface area contributed by atoms with E-state index in [0.29, 0.717) is 5.56 Å². The zero-order valence-corrected chi connectivity index (χ0v) is 16.2. The van der Waals surface area contributed by atoms with Crippen molar-refractivity contribution in [3.05, 3.63) is 102 Å². The van der Waals surface area contributed by atoms with Gasteiger partial charge in [-0.05, 0) is 47.5 Å². The first kappa shape index (κ1) is 19.0. The molecule has 0 saturated heterocycles. The van der Waals surface area contributed by atoms with Crippen LogP contribution < -0.4 is 0 Å². The minimum atomic E-state index is -4.56. The van der Waals surface area contributed by atoms with Crippen molar-refractivity contribution < 1.29 is 13.2 Å². The molecule has 0 atom stereocenters. The molecule has 0 radical (unpaired) electrons. The van der Waals surface area contributed by atoms with Crippen molar-refractivity contribution in [2.45, 2.75) is 6.18 Å². The molecule has 2 nitrogen and oxygen atoms in total. The third-order valence-electron chi connectivity index (χ3n) is 5.45. The highest BCUT2D eigenvalue weighted by molar-refractivity contribution is 6.09. The summed E-state index contributed by atoms with van der Waals surface area (Å²) in [5.41, 5.74) is 2.40. The Balaban J connectivity index is 1.77. The highest BCUT2D eigenvalue weighted by atomic mass is 19.4. The maximum absolute atomic E-state index is 13.7. The molecule has 5 aromatic rings. The van der Waals surface area contributed by atoms with Gasteiger partial charge in [0.1, 0.15) is 0 Å². The second-order valence-electron chi connectivity index (χ2n) is 7.29. The molecule has 0 aliphatic carbocycles. The Kier molecular flexibility index (Phi) is 4.30. The van der Waals surface area contributed by atoms with Crippen LogP contribution in [-0.4, -0.2) is 4.57 Å². The van der Waals surface area contributed by atoms with Gasteiger partial charge in [-0.15, -0.1) is 0 Å². The van der Waals surface area contributed by atoms with Gasteiger partial charge in [-0.1, -0.05) is 54.6 Å². The van der Waals surface area contributed by atoms with Crippen LogP contribution in [0.2, 0.25) is 0 Å². The number of hydrogen-bond acceptors (Lipinski definition) is 1. The Morgan fingerprint density at radius 1 is 0.710 bits per heavy atom. The van der Waals surface area contributed by atoms with Gasteiger partial charge < -0.3 is 4.57 Å². The van der Waals surface area contributed by atoms with Gasteiger partial charge in [0.25, 0.3) is 0 Å². The van der Waals surface area contributed by atoms with E-state index in [0.717, 1.165) is 33.6 Å². The number of benzene rings is 4. The van der Waals surface area contributed by atoms with Gasteiger partial charge in [-0.2, -0.15) is 18.4 Å². The molecule has 150 valence electrons. The van der Waals surface area contributed by atoms with Crippen LogP contribution in [0.1, 0.15) is 11.1 Å². The molecule has 0 saturated carbocycles. The molecule has 5 heteroatoms. The van der Waals surface area contributed by atoms with E-state index in [1.807, 2.05) is 54.6 Å². The number of nitrogens with zero attached hydrogens (tertiary/aromatic N) is 2. The van der Waals surface area contributed by atoms with E-state index in [4.69, 9.17) is 5.26 Å². The normalized spacial score (nSPS) is 11.7. The molecule has 0 fully saturated rings. The summed E-state index contributed by atoms with van der Waals surface area (Å²) in [6.07, 6.45) is -4.56. The quantitative estimate of drug-likeness (QED) is 0.298. The van der Waals surface area contributed by atoms with Crippen LogP contribution in [0.3, 0.4) is 0 Å². The minimum Gasteiger partial charge on any atom is -0.309 e. The van der Waals surface area contributed by atoms with Crippen LogP contribution in [0, 0.1) is 11.3 Å². The summed E-state index contributed by atoms with van der Waals surface area (Å²) in [5.74, 6) is 0. The SMILES string of the molecule is N#Cc1ccc(-c2cccc(-n3c4ccccc4c4ccccc43)c2)c(C(F)(F)F)c1. The predicted octanol–water partition coefficient (Wildman–Crippen LogP) is 7.34. The smallest absolute Gasteiger partial charge is 0.309 e. The summed E-state index contributed by atoms with van der Waals surface area (Å²) in [6, 6.07) is 28.5. The molecule has 31 heavy (non-hydrogen) atoms. The average Bonchev–Trinajstić information content (AvgIpc) is 3.13. The summed E-state index contributed by atoms with van der Waals surface area (Å²) in [6.45, 7) is 0. The van der Waals surface area contributed by atoms with E-state index in [1.165, 1.54) is 12.1 Å². The Morgan fingerprint density at radius 2 is 1.35 bits per heavy atom. The lowest BCUT2D eigenvalue weighted by Crippen LogP contribution is -2.08. The molecule has 0 aliphatic rings. The van der Waals surface area contributed by atoms with Gasteiger partial charge >= 0.3 is 6.18 Å². The molecular weight excluding hydrogens is 397 g/mol. The van der Waals surface area contributed by atoms with Crippen molar-refractivity contribution in [2.75, 3.05) is 0 Å². The lowest BCUT2D eigenvalue weighted by atomic mass is 9.97. The van der Waals surface area contributed by atoms with Crippen LogP contribution in [-0.2, 0) is 6.18 Å². The highest BCUT2D eigenvalue weighted by Gasteiger charge is 2.34. The number of rotatable bonds is 2. The number of fused-ring (bicyclic) bond motifs is 3. The maximum Gasteiger partial charge on any atom is 0.417 e. The summed E-state index contributed by atoms with van der Waals surface area (Å²) >= 11 is 0. The maximum atomic E-state index is 13.7. The van der Waals surface area contributed by atoms with Crippen LogP contribution >= 0.6 is 0 Å². The fourth-order valence-electron chi connectivity index (χ4n) is 4.11. The zero-order valence-electron chi connectivity index (χ0n) is 16.2. The molecule has 0 unspecified atom stereocenters. The van der Waals surface area contributed by atoms with E-state index >= 15 is 0 Å². The van der Waals surface area contributed by atoms with Crippen LogP contribution in [0.4, 0.5) is 13.2 Å². The summed E-state index contributed by atoms with van der Waals surface area (Å²) in [4.78, 5) is 0. The van der Waals surface area contributed by atoms with Gasteiger partial charge in [-0.25, -0.2) is 0 Å². The Hall–Kier alpha value is -4.04. The first-order chi connectivity index (χ1) is 15.0. The van der Waals surface area contributed by atoms with Gasteiger partial charge in [0.15, 0.2) is 0 Å². The summed E-state index contributed by atoms with van der Waals surface area (Å²) in [5, 5.41) is 11.2. The fraction of sp³-hybridized carbons (Fsp3) is 0.0385. The Labute approximate surface area is 176 Å². The van der Waals surface area contributed by atoms with E-state index in [1.54, 1.807) is 24.3 Å². The molecule has 0 bridgehead atoms. The fourth-order valence-corrected chi connectivity index (χ4v) is 4.11. The number of aromatic nitrogens is 1. The molecule has 1 aromatic heterocycles. The Morgan fingerprint density at radius 3 is 1.97 bits per heavy atom. The van der Waals surface area contributed by atoms with Crippen molar-refractivity contribution in [1.29, 1.82) is 5.26 Å². The molecule has 4 aromatic carbocycles. The van der Waals surface area contributed by atoms with Gasteiger partial charge in [0.2, 0.25) is 0 Å². The monoisotopic (exact) mass is 412 g/mol. The van der Waals surface area contributed by atoms with E-state index in [-0.39, 0.29) is 11.1 Å².